The van der Waals surface area contributed by atoms with Crippen LogP contribution in [0.4, 0.5) is 0 Å². The van der Waals surface area contributed by atoms with Crippen molar-refractivity contribution >= 4 is 0 Å². The molecule has 1 fully saturated rings. The molecule has 1 unspecified atom stereocenters. The molecular weight excluding hydrogens is 162 g/mol. The Hall–Kier alpha value is -0.810. The van der Waals surface area contributed by atoms with Crippen LogP contribution < -0.4 is 0 Å². The van der Waals surface area contributed by atoms with Gasteiger partial charge in [-0.1, -0.05) is 25.3 Å². The minimum Gasteiger partial charge on any atom is -0.388 e. The number of hydrogen-bond acceptors (Lipinski definition) is 2. The fourth-order valence-electron chi connectivity index (χ4n) is 1.82. The van der Waals surface area contributed by atoms with E-state index in [0.29, 0.717) is 11.5 Å². The zero-order valence-electron chi connectivity index (χ0n) is 8.16. The SMILES string of the molecule is CC(O)/C(C#N)=C/C1CCCCC1. The molecule has 1 aliphatic rings. The van der Waals surface area contributed by atoms with Gasteiger partial charge in [0.2, 0.25) is 0 Å². The van der Waals surface area contributed by atoms with E-state index < -0.39 is 6.10 Å². The average Bonchev–Trinajstić information content (AvgIpc) is 2.15. The predicted molar refractivity (Wildman–Crippen MR) is 52.0 cm³/mol. The van der Waals surface area contributed by atoms with Crippen molar-refractivity contribution in [2.75, 3.05) is 0 Å². The highest BCUT2D eigenvalue weighted by Crippen LogP contribution is 2.25. The molecule has 72 valence electrons. The third kappa shape index (κ3) is 3.20. The van der Waals surface area contributed by atoms with E-state index >= 15 is 0 Å². The van der Waals surface area contributed by atoms with Crippen LogP contribution in [0.2, 0.25) is 0 Å². The van der Waals surface area contributed by atoms with Crippen LogP contribution in [-0.4, -0.2) is 11.2 Å². The first-order valence-corrected chi connectivity index (χ1v) is 5.04. The lowest BCUT2D eigenvalue weighted by Crippen LogP contribution is -2.08. The monoisotopic (exact) mass is 179 g/mol. The van der Waals surface area contributed by atoms with Crippen LogP contribution in [0.3, 0.4) is 0 Å². The van der Waals surface area contributed by atoms with Gasteiger partial charge in [-0.3, -0.25) is 0 Å². The first-order valence-electron chi connectivity index (χ1n) is 5.04. The molecule has 0 amide bonds. The number of nitrogens with zero attached hydrogens (tertiary/aromatic N) is 1. The lowest BCUT2D eigenvalue weighted by atomic mass is 9.87. The average molecular weight is 179 g/mol. The molecule has 1 aliphatic carbocycles. The van der Waals surface area contributed by atoms with E-state index in [9.17, 15) is 5.11 Å². The van der Waals surface area contributed by atoms with Gasteiger partial charge in [-0.25, -0.2) is 0 Å². The molecule has 1 atom stereocenters. The highest BCUT2D eigenvalue weighted by Gasteiger charge is 2.13. The molecule has 1 rings (SSSR count). The molecule has 0 radical (unpaired) electrons. The van der Waals surface area contributed by atoms with E-state index in [1.807, 2.05) is 6.08 Å². The van der Waals surface area contributed by atoms with Crippen molar-refractivity contribution in [1.29, 1.82) is 5.26 Å². The summed E-state index contributed by atoms with van der Waals surface area (Å²) in [5.74, 6) is 0.526. The molecule has 13 heavy (non-hydrogen) atoms. The summed E-state index contributed by atoms with van der Waals surface area (Å²) in [4.78, 5) is 0. The zero-order valence-corrected chi connectivity index (χ0v) is 8.16. The molecule has 0 aromatic heterocycles. The van der Waals surface area contributed by atoms with Crippen molar-refractivity contribution < 1.29 is 5.11 Å². The highest BCUT2D eigenvalue weighted by atomic mass is 16.3. The number of allylic oxidation sites excluding steroid dienone is 1. The van der Waals surface area contributed by atoms with Gasteiger partial charge in [0.05, 0.1) is 17.7 Å². The lowest BCUT2D eigenvalue weighted by molar-refractivity contribution is 0.234. The van der Waals surface area contributed by atoms with Gasteiger partial charge in [0.25, 0.3) is 0 Å². The molecule has 0 bridgehead atoms. The second-order valence-electron chi connectivity index (χ2n) is 3.81. The van der Waals surface area contributed by atoms with Crippen LogP contribution in [0.15, 0.2) is 11.6 Å². The van der Waals surface area contributed by atoms with Crippen LogP contribution in [0.1, 0.15) is 39.0 Å². The first kappa shape index (κ1) is 10.3. The Morgan fingerprint density at radius 1 is 1.46 bits per heavy atom. The number of rotatable bonds is 2. The summed E-state index contributed by atoms with van der Waals surface area (Å²) in [6, 6.07) is 2.06. The Balaban J connectivity index is 2.56. The maximum Gasteiger partial charge on any atom is 0.0971 e. The third-order valence-electron chi connectivity index (χ3n) is 2.64. The molecule has 0 aliphatic heterocycles. The molecule has 0 aromatic rings. The summed E-state index contributed by atoms with van der Waals surface area (Å²) in [5.41, 5.74) is 0.534. The molecular formula is C11H17NO. The minimum absolute atomic E-state index is 0.526. The quantitative estimate of drug-likeness (QED) is 0.661. The van der Waals surface area contributed by atoms with Gasteiger partial charge in [-0.2, -0.15) is 5.26 Å². The first-order chi connectivity index (χ1) is 6.24. The standard InChI is InChI=1S/C11H17NO/c1-9(13)11(8-12)7-10-5-3-2-4-6-10/h7,9-10,13H,2-6H2,1H3/b11-7+. The maximum atomic E-state index is 9.25. The highest BCUT2D eigenvalue weighted by molar-refractivity contribution is 5.25. The normalized spacial score (nSPS) is 22.4. The maximum absolute atomic E-state index is 9.25. The van der Waals surface area contributed by atoms with Gasteiger partial charge < -0.3 is 5.11 Å². The van der Waals surface area contributed by atoms with Crippen molar-refractivity contribution in [1.82, 2.24) is 0 Å². The number of aliphatic hydroxyl groups is 1. The Bertz CT molecular complexity index is 219. The van der Waals surface area contributed by atoms with Gasteiger partial charge in [-0.15, -0.1) is 0 Å². The van der Waals surface area contributed by atoms with Crippen LogP contribution in [0, 0.1) is 17.2 Å². The summed E-state index contributed by atoms with van der Waals surface area (Å²) >= 11 is 0. The van der Waals surface area contributed by atoms with Crippen LogP contribution in [-0.2, 0) is 0 Å². The second-order valence-corrected chi connectivity index (χ2v) is 3.81. The van der Waals surface area contributed by atoms with Crippen molar-refractivity contribution in [3.8, 4) is 6.07 Å². The van der Waals surface area contributed by atoms with Crippen molar-refractivity contribution in [2.24, 2.45) is 5.92 Å². The van der Waals surface area contributed by atoms with Crippen LogP contribution in [0.5, 0.6) is 0 Å². The molecule has 0 aromatic carbocycles. The van der Waals surface area contributed by atoms with Gasteiger partial charge in [0, 0.05) is 0 Å². The molecule has 2 heteroatoms. The number of nitriles is 1. The van der Waals surface area contributed by atoms with E-state index in [1.165, 1.54) is 32.1 Å². The minimum atomic E-state index is -0.605. The molecule has 2 nitrogen and oxygen atoms in total. The molecule has 1 saturated carbocycles. The Labute approximate surface area is 79.9 Å². The van der Waals surface area contributed by atoms with E-state index in [-0.39, 0.29) is 0 Å². The topological polar surface area (TPSA) is 44.0 Å². The summed E-state index contributed by atoms with van der Waals surface area (Å²) in [7, 11) is 0. The molecule has 0 heterocycles. The smallest absolute Gasteiger partial charge is 0.0971 e. The summed E-state index contributed by atoms with van der Waals surface area (Å²) in [5, 5.41) is 18.0. The van der Waals surface area contributed by atoms with Crippen molar-refractivity contribution in [3.05, 3.63) is 11.6 Å². The Morgan fingerprint density at radius 2 is 2.08 bits per heavy atom. The molecule has 0 spiro atoms. The fourth-order valence-corrected chi connectivity index (χ4v) is 1.82. The predicted octanol–water partition coefficient (Wildman–Crippen LogP) is 2.40. The second kappa shape index (κ2) is 5.04. The third-order valence-corrected chi connectivity index (χ3v) is 2.64. The summed E-state index contributed by atoms with van der Waals surface area (Å²) in [6.07, 6.45) is 7.56. The van der Waals surface area contributed by atoms with E-state index in [4.69, 9.17) is 5.26 Å². The summed E-state index contributed by atoms with van der Waals surface area (Å²) < 4.78 is 0. The largest absolute Gasteiger partial charge is 0.388 e. The summed E-state index contributed by atoms with van der Waals surface area (Å²) in [6.45, 7) is 1.65. The van der Waals surface area contributed by atoms with Crippen molar-refractivity contribution in [3.63, 3.8) is 0 Å². The Kier molecular flexibility index (Phi) is 3.98. The van der Waals surface area contributed by atoms with E-state index in [2.05, 4.69) is 6.07 Å². The zero-order chi connectivity index (χ0) is 9.68. The molecule has 1 N–H and O–H groups in total. The van der Waals surface area contributed by atoms with Crippen LogP contribution >= 0.6 is 0 Å². The van der Waals surface area contributed by atoms with Crippen molar-refractivity contribution in [2.45, 2.75) is 45.1 Å². The van der Waals surface area contributed by atoms with Crippen LogP contribution in [0.25, 0.3) is 0 Å². The number of hydrogen-bond donors (Lipinski definition) is 1. The van der Waals surface area contributed by atoms with Gasteiger partial charge in [0.1, 0.15) is 0 Å². The fraction of sp³-hybridized carbons (Fsp3) is 0.727. The van der Waals surface area contributed by atoms with Gasteiger partial charge >= 0.3 is 0 Å². The van der Waals surface area contributed by atoms with E-state index in [1.54, 1.807) is 6.92 Å². The van der Waals surface area contributed by atoms with Gasteiger partial charge in [0.15, 0.2) is 0 Å². The Morgan fingerprint density at radius 3 is 2.54 bits per heavy atom. The van der Waals surface area contributed by atoms with E-state index in [0.717, 1.165) is 0 Å². The molecule has 0 saturated heterocycles. The number of aliphatic hydroxyl groups excluding tert-OH is 1. The lowest BCUT2D eigenvalue weighted by Gasteiger charge is -2.18. The van der Waals surface area contributed by atoms with Gasteiger partial charge in [-0.05, 0) is 25.7 Å².